The van der Waals surface area contributed by atoms with Crippen molar-refractivity contribution < 1.29 is 52.6 Å². The molecule has 464 valence electrons. The van der Waals surface area contributed by atoms with Crippen LogP contribution in [-0.2, 0) is 38.2 Å². The van der Waals surface area contributed by atoms with Crippen molar-refractivity contribution >= 4 is 53.4 Å². The van der Waals surface area contributed by atoms with E-state index in [-0.39, 0.29) is 117 Å². The number of amides is 8. The molecule has 2 heterocycles. The molecule has 2 aliphatic heterocycles. The monoisotopic (exact) mass is 1190 g/mol. The second kappa shape index (κ2) is 30.0. The molecular weight excluding hydrogens is 1100 g/mol. The van der Waals surface area contributed by atoms with Crippen molar-refractivity contribution in [3.63, 3.8) is 0 Å². The number of carbonyl (C=O) groups is 9. The molecule has 0 aromatic heterocycles. The molecule has 19 heteroatoms. The van der Waals surface area contributed by atoms with Gasteiger partial charge in [0.15, 0.2) is 0 Å². The van der Waals surface area contributed by atoms with Crippen molar-refractivity contribution in [2.75, 3.05) is 52.4 Å². The van der Waals surface area contributed by atoms with Gasteiger partial charge in [0.05, 0.1) is 30.3 Å². The van der Waals surface area contributed by atoms with E-state index in [9.17, 15) is 43.2 Å². The molecule has 6 N–H and O–H groups in total. The molecule has 4 aromatic rings. The van der Waals surface area contributed by atoms with Crippen LogP contribution >= 0.6 is 0 Å². The minimum Gasteiger partial charge on any atom is -0.464 e. The van der Waals surface area contributed by atoms with Gasteiger partial charge in [-0.3, -0.25) is 38.4 Å². The average molecular weight is 1190 g/mol. The summed E-state index contributed by atoms with van der Waals surface area (Å²) < 4.78 is 10.3. The minimum atomic E-state index is -0.762. The van der Waals surface area contributed by atoms with Crippen molar-refractivity contribution in [2.45, 2.75) is 146 Å². The third-order valence-electron chi connectivity index (χ3n) is 17.3. The summed E-state index contributed by atoms with van der Waals surface area (Å²) >= 11 is 0. The normalized spacial score (nSPS) is 23.3. The van der Waals surface area contributed by atoms with Crippen molar-refractivity contribution in [1.82, 2.24) is 41.7 Å². The molecule has 9 rings (SSSR count). The van der Waals surface area contributed by atoms with Crippen LogP contribution in [0.5, 0.6) is 0 Å². The largest absolute Gasteiger partial charge is 0.464 e. The van der Waals surface area contributed by atoms with Gasteiger partial charge in [0.1, 0.15) is 18.7 Å². The number of likely N-dealkylation sites (tertiary alicyclic amines) is 2. The van der Waals surface area contributed by atoms with Crippen LogP contribution in [0.4, 0.5) is 4.79 Å². The van der Waals surface area contributed by atoms with E-state index in [1.165, 1.54) is 0 Å². The molecule has 0 bridgehead atoms. The predicted molar refractivity (Wildman–Crippen MR) is 327 cm³/mol. The number of benzene rings is 4. The van der Waals surface area contributed by atoms with Crippen LogP contribution in [0.3, 0.4) is 0 Å². The Morgan fingerprint density at radius 1 is 0.437 bits per heavy atom. The average Bonchev–Trinajstić information content (AvgIpc) is 2.42. The van der Waals surface area contributed by atoms with E-state index in [0.29, 0.717) is 17.7 Å². The summed E-state index contributed by atoms with van der Waals surface area (Å²) in [7, 11) is 0. The fraction of sp³-hybridized carbons (Fsp3) is 0.515. The van der Waals surface area contributed by atoms with Gasteiger partial charge in [-0.05, 0) is 93.8 Å². The highest BCUT2D eigenvalue weighted by atomic mass is 16.6. The van der Waals surface area contributed by atoms with Crippen LogP contribution in [0.2, 0.25) is 0 Å². The van der Waals surface area contributed by atoms with Crippen LogP contribution in [0.1, 0.15) is 159 Å². The second-order valence-corrected chi connectivity index (χ2v) is 25.2. The first-order valence-electron chi connectivity index (χ1n) is 31.4. The Bertz CT molecular complexity index is 2960. The Labute approximate surface area is 510 Å². The van der Waals surface area contributed by atoms with Gasteiger partial charge in [-0.25, -0.2) is 4.79 Å². The van der Waals surface area contributed by atoms with Crippen LogP contribution in [0, 0.1) is 23.7 Å². The van der Waals surface area contributed by atoms with Gasteiger partial charge in [0.2, 0.25) is 29.5 Å². The van der Waals surface area contributed by atoms with Gasteiger partial charge in [0, 0.05) is 79.7 Å². The van der Waals surface area contributed by atoms with Gasteiger partial charge < -0.3 is 51.2 Å². The number of hydrogen-bond acceptors (Lipinski definition) is 11. The quantitative estimate of drug-likeness (QED) is 0.0233. The molecule has 3 aliphatic carbocycles. The standard InChI is InChI=1S/C68H86N8O11/c1-68(2,3)87-67(85)71-38-59(77)70-39-60(78)86-34-22-11-9-7-5-4-6-8-10-21-33-69-61(79)52-40-75(41-53(52)62(80)72-56-35-49(56)44-23-15-12-16-24-44)65(83)47-29-31-48(32-30-47)66(84)76-42-54(63(81)73-57-36-50(57)45-25-17-13-18-26-45)55(43-76)64(82)74-58-37-51(58)46-27-19-14-20-28-46/h12-20,23-32,49-58H,4-11,21-22,33-43H2,1-3H3,(H,69,79)(H,70,77)(H,71,85)(H,72,80)(H,73,81)(H,74,82)/t49-,50-,51-,52?,53?,54?,55?,56-,57-,58-/m1/s1. The van der Waals surface area contributed by atoms with Gasteiger partial charge >= 0.3 is 12.1 Å². The summed E-state index contributed by atoms with van der Waals surface area (Å²) in [4.78, 5) is 123. The Kier molecular flexibility index (Phi) is 21.9. The summed E-state index contributed by atoms with van der Waals surface area (Å²) in [6.07, 6.45) is 11.4. The lowest BCUT2D eigenvalue weighted by molar-refractivity contribution is -0.144. The summed E-state index contributed by atoms with van der Waals surface area (Å²) in [5.41, 5.74) is 3.36. The Morgan fingerprint density at radius 2 is 0.805 bits per heavy atom. The van der Waals surface area contributed by atoms with Gasteiger partial charge in [0.25, 0.3) is 11.8 Å². The zero-order valence-electron chi connectivity index (χ0n) is 50.5. The molecule has 0 radical (unpaired) electrons. The van der Waals surface area contributed by atoms with E-state index in [0.717, 1.165) is 100 Å². The van der Waals surface area contributed by atoms with E-state index >= 15 is 0 Å². The number of rotatable bonds is 29. The maximum Gasteiger partial charge on any atom is 0.408 e. The van der Waals surface area contributed by atoms with E-state index in [1.807, 2.05) is 66.7 Å². The fourth-order valence-electron chi connectivity index (χ4n) is 12.2. The molecule has 4 unspecified atom stereocenters. The number of unbranched alkanes of at least 4 members (excludes halogenated alkanes) is 9. The van der Waals surface area contributed by atoms with Gasteiger partial charge in [-0.2, -0.15) is 0 Å². The first kappa shape index (κ1) is 63.4. The van der Waals surface area contributed by atoms with Crippen molar-refractivity contribution in [1.29, 1.82) is 0 Å². The summed E-state index contributed by atoms with van der Waals surface area (Å²) in [5.74, 6) is -5.24. The first-order valence-corrected chi connectivity index (χ1v) is 31.4. The van der Waals surface area contributed by atoms with E-state index in [4.69, 9.17) is 9.47 Å². The maximum absolute atomic E-state index is 14.3. The Morgan fingerprint density at radius 3 is 1.20 bits per heavy atom. The van der Waals surface area contributed by atoms with Crippen molar-refractivity contribution in [3.05, 3.63) is 143 Å². The number of ether oxygens (including phenoxy) is 2. The fourth-order valence-corrected chi connectivity index (χ4v) is 12.2. The SMILES string of the molecule is CC(C)(C)OC(=O)NCC(=O)NCC(=O)OCCCCCCCCCCCCNC(=O)C1CN(C(=O)c2ccc(C(=O)N3CC(C(=O)N[C@@H]4C[C@@H]4c4ccccc4)C(C(=O)N[C@@H]4C[C@@H]4c4ccccc4)C3)cc2)CC1C(=O)N[C@@H]1C[C@@H]1c1ccccc1. The smallest absolute Gasteiger partial charge is 0.408 e. The molecule has 10 atom stereocenters. The third kappa shape index (κ3) is 18.5. The molecule has 0 spiro atoms. The summed E-state index contributed by atoms with van der Waals surface area (Å²) in [6, 6.07) is 36.2. The second-order valence-electron chi connectivity index (χ2n) is 25.2. The number of nitrogens with zero attached hydrogens (tertiary/aromatic N) is 2. The molecule has 19 nitrogen and oxygen atoms in total. The summed E-state index contributed by atoms with van der Waals surface area (Å²) in [5, 5.41) is 17.4. The highest BCUT2D eigenvalue weighted by Gasteiger charge is 2.50. The molecule has 4 aromatic carbocycles. The van der Waals surface area contributed by atoms with Crippen molar-refractivity contribution in [3.8, 4) is 0 Å². The highest BCUT2D eigenvalue weighted by molar-refractivity contribution is 6.00. The lowest BCUT2D eigenvalue weighted by atomic mass is 9.94. The van der Waals surface area contributed by atoms with Crippen LogP contribution in [0.25, 0.3) is 0 Å². The number of hydrogen-bond donors (Lipinski definition) is 6. The van der Waals surface area contributed by atoms with Gasteiger partial charge in [-0.15, -0.1) is 0 Å². The topological polar surface area (TPSA) is 251 Å². The van der Waals surface area contributed by atoms with Crippen molar-refractivity contribution in [2.24, 2.45) is 23.7 Å². The van der Waals surface area contributed by atoms with E-state index in [2.05, 4.69) is 56.2 Å². The maximum atomic E-state index is 14.3. The first-order chi connectivity index (χ1) is 42.0. The molecule has 2 saturated heterocycles. The third-order valence-corrected chi connectivity index (χ3v) is 17.3. The van der Waals surface area contributed by atoms with Gasteiger partial charge in [-0.1, -0.05) is 142 Å². The lowest BCUT2D eigenvalue weighted by Crippen LogP contribution is -2.43. The predicted octanol–water partition coefficient (Wildman–Crippen LogP) is 7.28. The molecule has 5 fully saturated rings. The molecule has 87 heavy (non-hydrogen) atoms. The number of nitrogens with one attached hydrogen (secondary N) is 6. The number of esters is 1. The van der Waals surface area contributed by atoms with E-state index in [1.54, 1.807) is 54.8 Å². The number of carbonyl (C=O) groups excluding carboxylic acids is 9. The Hall–Kier alpha value is -8.09. The zero-order chi connectivity index (χ0) is 61.5. The minimum absolute atomic E-state index is 0.0506. The van der Waals surface area contributed by atoms with Crippen LogP contribution in [0.15, 0.2) is 115 Å². The number of alkyl carbamates (subject to hydrolysis) is 1. The van der Waals surface area contributed by atoms with Crippen LogP contribution < -0.4 is 31.9 Å². The highest BCUT2D eigenvalue weighted by Crippen LogP contribution is 2.44. The Balaban J connectivity index is 0.711. The molecule has 3 saturated carbocycles. The molecule has 8 amide bonds. The lowest BCUT2D eigenvalue weighted by Gasteiger charge is -2.19. The summed E-state index contributed by atoms with van der Waals surface area (Å²) in [6.45, 7) is 5.51. The van der Waals surface area contributed by atoms with Crippen LogP contribution in [-0.4, -0.2) is 139 Å². The molecule has 5 aliphatic rings. The van der Waals surface area contributed by atoms with E-state index < -0.39 is 47.2 Å². The molecular formula is C68H86N8O11. The zero-order valence-corrected chi connectivity index (χ0v) is 50.5.